The van der Waals surface area contributed by atoms with Crippen LogP contribution in [0.2, 0.25) is 5.02 Å². The van der Waals surface area contributed by atoms with Gasteiger partial charge in [0.05, 0.1) is 18.1 Å². The normalized spacial score (nSPS) is 10.1. The molecule has 15 heavy (non-hydrogen) atoms. The average molecular weight is 231 g/mol. The molecule has 0 saturated heterocycles. The number of halogens is 2. The van der Waals surface area contributed by atoms with E-state index in [4.69, 9.17) is 16.3 Å². The van der Waals surface area contributed by atoms with Crippen molar-refractivity contribution in [3.63, 3.8) is 0 Å². The molecule has 1 rings (SSSR count). The molecule has 0 saturated carbocycles. The summed E-state index contributed by atoms with van der Waals surface area (Å²) >= 11 is 5.66. The van der Waals surface area contributed by atoms with E-state index >= 15 is 0 Å². The molecule has 0 aliphatic heterocycles. The number of esters is 1. The highest BCUT2D eigenvalue weighted by Crippen LogP contribution is 2.21. The molecule has 1 aromatic carbocycles. The molecule has 0 unspecified atom stereocenters. The molecule has 0 atom stereocenters. The minimum atomic E-state index is -0.504. The fraction of sp³-hybridized carbons (Fsp3) is 0.364. The summed E-state index contributed by atoms with van der Waals surface area (Å²) in [5.41, 5.74) is 1.20. The first-order valence-corrected chi connectivity index (χ1v) is 5.02. The highest BCUT2D eigenvalue weighted by atomic mass is 35.5. The van der Waals surface area contributed by atoms with Crippen molar-refractivity contribution < 1.29 is 13.9 Å². The van der Waals surface area contributed by atoms with E-state index in [1.807, 2.05) is 0 Å². The Hall–Kier alpha value is -1.09. The van der Waals surface area contributed by atoms with Crippen molar-refractivity contribution in [2.45, 2.75) is 20.3 Å². The van der Waals surface area contributed by atoms with E-state index in [9.17, 15) is 9.18 Å². The zero-order chi connectivity index (χ0) is 11.4. The van der Waals surface area contributed by atoms with Crippen molar-refractivity contribution in [2.24, 2.45) is 0 Å². The Labute approximate surface area is 93.0 Å². The second-order valence-electron chi connectivity index (χ2n) is 3.19. The molecule has 0 aliphatic carbocycles. The van der Waals surface area contributed by atoms with Crippen LogP contribution in [-0.2, 0) is 16.0 Å². The molecule has 4 heteroatoms. The maximum absolute atomic E-state index is 13.2. The summed E-state index contributed by atoms with van der Waals surface area (Å²) in [4.78, 5) is 11.1. The van der Waals surface area contributed by atoms with E-state index in [2.05, 4.69) is 0 Å². The first kappa shape index (κ1) is 12.0. The summed E-state index contributed by atoms with van der Waals surface area (Å²) in [6.45, 7) is 3.75. The first-order valence-electron chi connectivity index (χ1n) is 4.64. The minimum absolute atomic E-state index is 0.0722. The molecule has 0 aliphatic rings. The van der Waals surface area contributed by atoms with E-state index < -0.39 is 5.82 Å². The van der Waals surface area contributed by atoms with Gasteiger partial charge in [0.1, 0.15) is 5.82 Å². The number of carbonyl (C=O) groups excluding carboxylic acids is 1. The molecule has 0 heterocycles. The average Bonchev–Trinajstić information content (AvgIpc) is 2.14. The topological polar surface area (TPSA) is 26.3 Å². The second kappa shape index (κ2) is 5.12. The number of aryl methyl sites for hydroxylation is 1. The van der Waals surface area contributed by atoms with E-state index in [0.717, 1.165) is 0 Å². The van der Waals surface area contributed by atoms with Gasteiger partial charge in [0, 0.05) is 0 Å². The Balaban J connectivity index is 2.83. The van der Waals surface area contributed by atoms with Gasteiger partial charge in [-0.2, -0.15) is 0 Å². The van der Waals surface area contributed by atoms with Crippen molar-refractivity contribution in [1.82, 2.24) is 0 Å². The molecular formula is C11H12ClFO2. The molecule has 0 bridgehead atoms. The molecule has 1 aromatic rings. The Morgan fingerprint density at radius 1 is 1.53 bits per heavy atom. The van der Waals surface area contributed by atoms with Gasteiger partial charge in [-0.05, 0) is 31.0 Å². The molecule has 0 N–H and O–H groups in total. The minimum Gasteiger partial charge on any atom is -0.466 e. The van der Waals surface area contributed by atoms with Crippen LogP contribution in [0.1, 0.15) is 18.1 Å². The highest BCUT2D eigenvalue weighted by molar-refractivity contribution is 6.31. The number of hydrogen-bond donors (Lipinski definition) is 0. The molecule has 0 spiro atoms. The summed E-state index contributed by atoms with van der Waals surface area (Å²) in [6.07, 6.45) is 0.0722. The number of carbonyl (C=O) groups is 1. The Morgan fingerprint density at radius 2 is 2.20 bits per heavy atom. The van der Waals surface area contributed by atoms with Crippen LogP contribution in [0.5, 0.6) is 0 Å². The van der Waals surface area contributed by atoms with Gasteiger partial charge in [0.15, 0.2) is 0 Å². The van der Waals surface area contributed by atoms with Crippen LogP contribution in [0.3, 0.4) is 0 Å². The van der Waals surface area contributed by atoms with Gasteiger partial charge in [-0.3, -0.25) is 4.79 Å². The number of hydrogen-bond acceptors (Lipinski definition) is 2. The summed E-state index contributed by atoms with van der Waals surface area (Å²) in [7, 11) is 0. The third-order valence-corrected chi connectivity index (χ3v) is 2.40. The monoisotopic (exact) mass is 230 g/mol. The predicted molar refractivity (Wildman–Crippen MR) is 56.5 cm³/mol. The Kier molecular flexibility index (Phi) is 4.09. The SMILES string of the molecule is CCOC(=O)Cc1cc(C)c(Cl)c(F)c1. The zero-order valence-corrected chi connectivity index (χ0v) is 9.40. The standard InChI is InChI=1S/C11H12ClFO2/c1-3-15-10(14)6-8-4-7(2)11(12)9(13)5-8/h4-5H,3,6H2,1-2H3. The van der Waals surface area contributed by atoms with E-state index in [-0.39, 0.29) is 17.4 Å². The van der Waals surface area contributed by atoms with Gasteiger partial charge in [0.2, 0.25) is 0 Å². The van der Waals surface area contributed by atoms with Crippen LogP contribution < -0.4 is 0 Å². The van der Waals surface area contributed by atoms with Crippen LogP contribution in [0.4, 0.5) is 4.39 Å². The number of benzene rings is 1. The van der Waals surface area contributed by atoms with E-state index in [1.165, 1.54) is 6.07 Å². The van der Waals surface area contributed by atoms with E-state index in [1.54, 1.807) is 19.9 Å². The molecule has 0 aromatic heterocycles. The lowest BCUT2D eigenvalue weighted by molar-refractivity contribution is -0.142. The zero-order valence-electron chi connectivity index (χ0n) is 8.64. The van der Waals surface area contributed by atoms with Crippen molar-refractivity contribution >= 4 is 17.6 Å². The van der Waals surface area contributed by atoms with Crippen molar-refractivity contribution in [2.75, 3.05) is 6.61 Å². The van der Waals surface area contributed by atoms with E-state index in [0.29, 0.717) is 17.7 Å². The molecule has 82 valence electrons. The largest absolute Gasteiger partial charge is 0.466 e. The van der Waals surface area contributed by atoms with Gasteiger partial charge >= 0.3 is 5.97 Å². The van der Waals surface area contributed by atoms with Crippen LogP contribution >= 0.6 is 11.6 Å². The molecule has 2 nitrogen and oxygen atoms in total. The Bertz CT molecular complexity index is 354. The molecular weight excluding hydrogens is 219 g/mol. The van der Waals surface area contributed by atoms with Gasteiger partial charge in [0.25, 0.3) is 0 Å². The van der Waals surface area contributed by atoms with Gasteiger partial charge < -0.3 is 4.74 Å². The van der Waals surface area contributed by atoms with Crippen LogP contribution in [0, 0.1) is 12.7 Å². The highest BCUT2D eigenvalue weighted by Gasteiger charge is 2.09. The smallest absolute Gasteiger partial charge is 0.310 e. The Morgan fingerprint density at radius 3 is 2.73 bits per heavy atom. The summed E-state index contributed by atoms with van der Waals surface area (Å²) < 4.78 is 18.0. The third-order valence-electron chi connectivity index (χ3n) is 1.92. The predicted octanol–water partition coefficient (Wildman–Crippen LogP) is 2.89. The van der Waals surface area contributed by atoms with Crippen LogP contribution in [0.15, 0.2) is 12.1 Å². The summed E-state index contributed by atoms with van der Waals surface area (Å²) in [6, 6.07) is 2.94. The molecule has 0 fully saturated rings. The fourth-order valence-corrected chi connectivity index (χ4v) is 1.39. The summed E-state index contributed by atoms with van der Waals surface area (Å²) in [5, 5.41) is 0.0996. The first-order chi connectivity index (χ1) is 7.04. The summed E-state index contributed by atoms with van der Waals surface area (Å²) in [5.74, 6) is -0.866. The molecule has 0 radical (unpaired) electrons. The van der Waals surface area contributed by atoms with Gasteiger partial charge in [-0.15, -0.1) is 0 Å². The van der Waals surface area contributed by atoms with Crippen molar-refractivity contribution in [3.05, 3.63) is 34.1 Å². The maximum atomic E-state index is 13.2. The fourth-order valence-electron chi connectivity index (χ4n) is 1.28. The van der Waals surface area contributed by atoms with Gasteiger partial charge in [-0.1, -0.05) is 17.7 Å². The lowest BCUT2D eigenvalue weighted by atomic mass is 10.1. The maximum Gasteiger partial charge on any atom is 0.310 e. The lowest BCUT2D eigenvalue weighted by Gasteiger charge is -2.05. The van der Waals surface area contributed by atoms with Crippen molar-refractivity contribution in [1.29, 1.82) is 0 Å². The number of ether oxygens (including phenoxy) is 1. The van der Waals surface area contributed by atoms with Crippen molar-refractivity contribution in [3.8, 4) is 0 Å². The second-order valence-corrected chi connectivity index (χ2v) is 3.57. The van der Waals surface area contributed by atoms with Crippen LogP contribution in [-0.4, -0.2) is 12.6 Å². The lowest BCUT2D eigenvalue weighted by Crippen LogP contribution is -2.08. The quantitative estimate of drug-likeness (QED) is 0.747. The third kappa shape index (κ3) is 3.20. The van der Waals surface area contributed by atoms with Crippen LogP contribution in [0.25, 0.3) is 0 Å². The van der Waals surface area contributed by atoms with Gasteiger partial charge in [-0.25, -0.2) is 4.39 Å². The molecule has 0 amide bonds. The number of rotatable bonds is 3.